The lowest BCUT2D eigenvalue weighted by molar-refractivity contribution is -0.119. The molecular weight excluding hydrogens is 224 g/mol. The average Bonchev–Trinajstić information content (AvgIpc) is 2.36. The standard InChI is InChI=1S/C12H15ClN2O/c1-7(2)11-12(16)15-10-4-3-9(13)5-8(10)6-14-11/h3-5,7,11,14H,6H2,1-2H3,(H,15,16). The zero-order chi connectivity index (χ0) is 11.7. The van der Waals surface area contributed by atoms with Crippen LogP contribution in [0, 0.1) is 5.92 Å². The van der Waals surface area contributed by atoms with Crippen LogP contribution in [0.1, 0.15) is 19.4 Å². The molecule has 0 radical (unpaired) electrons. The molecule has 0 fully saturated rings. The van der Waals surface area contributed by atoms with Gasteiger partial charge in [0.1, 0.15) is 0 Å². The van der Waals surface area contributed by atoms with Crippen LogP contribution in [-0.4, -0.2) is 11.9 Å². The fourth-order valence-electron chi connectivity index (χ4n) is 1.89. The molecule has 2 rings (SSSR count). The number of hydrogen-bond acceptors (Lipinski definition) is 2. The van der Waals surface area contributed by atoms with Crippen molar-refractivity contribution in [3.05, 3.63) is 28.8 Å². The number of rotatable bonds is 1. The first-order valence-corrected chi connectivity index (χ1v) is 5.78. The first-order valence-electron chi connectivity index (χ1n) is 5.40. The minimum Gasteiger partial charge on any atom is -0.324 e. The van der Waals surface area contributed by atoms with E-state index in [0.717, 1.165) is 11.3 Å². The first kappa shape index (κ1) is 11.4. The number of carbonyl (C=O) groups is 1. The molecule has 0 saturated carbocycles. The number of fused-ring (bicyclic) bond motifs is 1. The van der Waals surface area contributed by atoms with Gasteiger partial charge in [-0.15, -0.1) is 0 Å². The lowest BCUT2D eigenvalue weighted by Crippen LogP contribution is -2.41. The average molecular weight is 239 g/mol. The molecule has 1 aliphatic rings. The van der Waals surface area contributed by atoms with Gasteiger partial charge < -0.3 is 10.6 Å². The highest BCUT2D eigenvalue weighted by Gasteiger charge is 2.25. The zero-order valence-corrected chi connectivity index (χ0v) is 10.1. The molecular formula is C12H15ClN2O. The van der Waals surface area contributed by atoms with Crippen molar-refractivity contribution in [2.75, 3.05) is 5.32 Å². The van der Waals surface area contributed by atoms with E-state index in [2.05, 4.69) is 10.6 Å². The van der Waals surface area contributed by atoms with Crippen molar-refractivity contribution in [2.45, 2.75) is 26.4 Å². The molecule has 1 aromatic carbocycles. The maximum atomic E-state index is 11.9. The minimum absolute atomic E-state index is 0.0241. The van der Waals surface area contributed by atoms with E-state index in [9.17, 15) is 4.79 Å². The van der Waals surface area contributed by atoms with Crippen molar-refractivity contribution in [1.82, 2.24) is 5.32 Å². The highest BCUT2D eigenvalue weighted by atomic mass is 35.5. The molecule has 0 bridgehead atoms. The first-order chi connectivity index (χ1) is 7.58. The Morgan fingerprint density at radius 1 is 1.44 bits per heavy atom. The molecule has 16 heavy (non-hydrogen) atoms. The Morgan fingerprint density at radius 2 is 2.19 bits per heavy atom. The molecule has 3 nitrogen and oxygen atoms in total. The Bertz CT molecular complexity index is 417. The second kappa shape index (κ2) is 4.44. The summed E-state index contributed by atoms with van der Waals surface area (Å²) in [7, 11) is 0. The predicted octanol–water partition coefficient (Wildman–Crippen LogP) is 2.41. The summed E-state index contributed by atoms with van der Waals surface area (Å²) in [5.74, 6) is 0.292. The maximum absolute atomic E-state index is 11.9. The molecule has 1 unspecified atom stereocenters. The van der Waals surface area contributed by atoms with Crippen molar-refractivity contribution < 1.29 is 4.79 Å². The van der Waals surface area contributed by atoms with Crippen LogP contribution in [0.4, 0.5) is 5.69 Å². The lowest BCUT2D eigenvalue weighted by atomic mass is 10.0. The topological polar surface area (TPSA) is 41.1 Å². The fraction of sp³-hybridized carbons (Fsp3) is 0.417. The van der Waals surface area contributed by atoms with Crippen LogP contribution in [0.25, 0.3) is 0 Å². The molecule has 4 heteroatoms. The van der Waals surface area contributed by atoms with Crippen LogP contribution in [0.15, 0.2) is 18.2 Å². The second-order valence-corrected chi connectivity index (χ2v) is 4.83. The largest absolute Gasteiger partial charge is 0.324 e. The molecule has 0 spiro atoms. The van der Waals surface area contributed by atoms with Gasteiger partial charge in [0.2, 0.25) is 5.91 Å². The fourth-order valence-corrected chi connectivity index (χ4v) is 2.09. The number of hydrogen-bond donors (Lipinski definition) is 2. The van der Waals surface area contributed by atoms with Gasteiger partial charge in [-0.25, -0.2) is 0 Å². The molecule has 0 aromatic heterocycles. The summed E-state index contributed by atoms with van der Waals surface area (Å²) in [5.41, 5.74) is 1.88. The van der Waals surface area contributed by atoms with Gasteiger partial charge in [-0.05, 0) is 29.7 Å². The number of anilines is 1. The smallest absolute Gasteiger partial charge is 0.241 e. The Morgan fingerprint density at radius 3 is 2.88 bits per heavy atom. The molecule has 86 valence electrons. The van der Waals surface area contributed by atoms with Crippen LogP contribution in [0.3, 0.4) is 0 Å². The Kier molecular flexibility index (Phi) is 3.17. The molecule has 1 aliphatic heterocycles. The normalized spacial score (nSPS) is 20.2. The Labute approximate surface area is 100 Å². The van der Waals surface area contributed by atoms with E-state index in [4.69, 9.17) is 11.6 Å². The summed E-state index contributed by atoms with van der Waals surface area (Å²) >= 11 is 5.92. The molecule has 1 amide bonds. The third-order valence-electron chi connectivity index (χ3n) is 2.79. The van der Waals surface area contributed by atoms with E-state index < -0.39 is 0 Å². The molecule has 0 saturated heterocycles. The summed E-state index contributed by atoms with van der Waals surface area (Å²) in [5, 5.41) is 6.86. The van der Waals surface area contributed by atoms with Gasteiger partial charge in [0, 0.05) is 17.3 Å². The SMILES string of the molecule is CC(C)C1NCc2cc(Cl)ccc2NC1=O. The number of amides is 1. The number of benzene rings is 1. The van der Waals surface area contributed by atoms with E-state index in [0.29, 0.717) is 11.6 Å². The van der Waals surface area contributed by atoms with Gasteiger partial charge >= 0.3 is 0 Å². The molecule has 1 aromatic rings. The Hall–Kier alpha value is -1.06. The zero-order valence-electron chi connectivity index (χ0n) is 9.38. The number of carbonyl (C=O) groups excluding carboxylic acids is 1. The third-order valence-corrected chi connectivity index (χ3v) is 3.02. The monoisotopic (exact) mass is 238 g/mol. The quantitative estimate of drug-likeness (QED) is 0.789. The van der Waals surface area contributed by atoms with Gasteiger partial charge in [0.15, 0.2) is 0 Å². The van der Waals surface area contributed by atoms with Crippen LogP contribution in [0.2, 0.25) is 5.02 Å². The van der Waals surface area contributed by atoms with Crippen molar-refractivity contribution in [1.29, 1.82) is 0 Å². The van der Waals surface area contributed by atoms with Gasteiger partial charge in [0.05, 0.1) is 6.04 Å². The minimum atomic E-state index is -0.147. The Balaban J connectivity index is 2.29. The van der Waals surface area contributed by atoms with Crippen LogP contribution >= 0.6 is 11.6 Å². The molecule has 1 heterocycles. The van der Waals surface area contributed by atoms with Gasteiger partial charge in [-0.2, -0.15) is 0 Å². The van der Waals surface area contributed by atoms with Crippen molar-refractivity contribution in [3.8, 4) is 0 Å². The van der Waals surface area contributed by atoms with E-state index in [1.54, 1.807) is 6.07 Å². The summed E-state index contributed by atoms with van der Waals surface area (Å²) in [6.45, 7) is 4.72. The van der Waals surface area contributed by atoms with Crippen molar-refractivity contribution >= 4 is 23.2 Å². The van der Waals surface area contributed by atoms with E-state index in [1.165, 1.54) is 0 Å². The van der Waals surface area contributed by atoms with Crippen molar-refractivity contribution in [2.24, 2.45) is 5.92 Å². The maximum Gasteiger partial charge on any atom is 0.241 e. The van der Waals surface area contributed by atoms with Crippen molar-refractivity contribution in [3.63, 3.8) is 0 Å². The highest BCUT2D eigenvalue weighted by molar-refractivity contribution is 6.30. The van der Waals surface area contributed by atoms with Crippen LogP contribution in [0.5, 0.6) is 0 Å². The summed E-state index contributed by atoms with van der Waals surface area (Å²) in [6.07, 6.45) is 0. The molecule has 1 atom stereocenters. The van der Waals surface area contributed by atoms with Crippen LogP contribution < -0.4 is 10.6 Å². The summed E-state index contributed by atoms with van der Waals surface area (Å²) < 4.78 is 0. The highest BCUT2D eigenvalue weighted by Crippen LogP contribution is 2.23. The van der Waals surface area contributed by atoms with E-state index >= 15 is 0 Å². The van der Waals surface area contributed by atoms with Gasteiger partial charge in [0.25, 0.3) is 0 Å². The lowest BCUT2D eigenvalue weighted by Gasteiger charge is -2.17. The predicted molar refractivity (Wildman–Crippen MR) is 65.5 cm³/mol. The molecule has 2 N–H and O–H groups in total. The summed E-state index contributed by atoms with van der Waals surface area (Å²) in [4.78, 5) is 11.9. The molecule has 0 aliphatic carbocycles. The summed E-state index contributed by atoms with van der Waals surface area (Å²) in [6, 6.07) is 5.37. The van der Waals surface area contributed by atoms with E-state index in [-0.39, 0.29) is 17.9 Å². The number of halogens is 1. The van der Waals surface area contributed by atoms with E-state index in [1.807, 2.05) is 26.0 Å². The third kappa shape index (κ3) is 2.20. The van der Waals surface area contributed by atoms with Crippen LogP contribution in [-0.2, 0) is 11.3 Å². The van der Waals surface area contributed by atoms with Gasteiger partial charge in [-0.3, -0.25) is 4.79 Å². The number of nitrogens with one attached hydrogen (secondary N) is 2. The second-order valence-electron chi connectivity index (χ2n) is 4.39. The van der Waals surface area contributed by atoms with Gasteiger partial charge in [-0.1, -0.05) is 25.4 Å².